The molecule has 0 radical (unpaired) electrons. The summed E-state index contributed by atoms with van der Waals surface area (Å²) in [4.78, 5) is 0. The summed E-state index contributed by atoms with van der Waals surface area (Å²) in [7, 11) is -1.64. The van der Waals surface area contributed by atoms with Crippen LogP contribution in [0.25, 0.3) is 0 Å². The molecule has 0 amide bonds. The van der Waals surface area contributed by atoms with Crippen molar-refractivity contribution in [1.29, 1.82) is 0 Å². The lowest BCUT2D eigenvalue weighted by molar-refractivity contribution is 0.239. The van der Waals surface area contributed by atoms with E-state index in [4.69, 9.17) is 13.0 Å². The summed E-state index contributed by atoms with van der Waals surface area (Å²) in [5, 5.41) is 18.9. The van der Waals surface area contributed by atoms with Gasteiger partial charge in [-0.1, -0.05) is 24.3 Å². The summed E-state index contributed by atoms with van der Waals surface area (Å²) in [5.74, 6) is 0.489. The first-order chi connectivity index (χ1) is 11.8. The molecule has 7 heteroatoms. The fraction of sp³-hybridized carbons (Fsp3) is 0.333. The van der Waals surface area contributed by atoms with Gasteiger partial charge in [0.1, 0.15) is 11.5 Å². The van der Waals surface area contributed by atoms with Gasteiger partial charge in [-0.05, 0) is 48.5 Å². The second-order valence-electron chi connectivity index (χ2n) is 6.46. The molecule has 0 aliphatic carbocycles. The number of rotatable bonds is 8. The van der Waals surface area contributed by atoms with E-state index in [0.717, 1.165) is 11.1 Å². The number of phenolic OH excluding ortho intramolecular Hbond substituents is 2. The lowest BCUT2D eigenvalue weighted by Crippen LogP contribution is -2.54. The fourth-order valence-corrected chi connectivity index (χ4v) is 9.87. The van der Waals surface area contributed by atoms with Crippen LogP contribution in [0.3, 0.4) is 0 Å². The summed E-state index contributed by atoms with van der Waals surface area (Å²) in [6.07, 6.45) is 0. The predicted octanol–water partition coefficient (Wildman–Crippen LogP) is 3.41. The van der Waals surface area contributed by atoms with Crippen LogP contribution in [0, 0.1) is 0 Å². The Morgan fingerprint density at radius 3 is 1.28 bits per heavy atom. The lowest BCUT2D eigenvalue weighted by Gasteiger charge is -2.35. The van der Waals surface area contributed by atoms with E-state index in [-0.39, 0.29) is 11.5 Å². The number of aromatic hydroxyl groups is 2. The Labute approximate surface area is 151 Å². The summed E-state index contributed by atoms with van der Waals surface area (Å²) in [5.41, 5.74) is 2.12. The van der Waals surface area contributed by atoms with Crippen LogP contribution < -0.4 is 0 Å². The highest BCUT2D eigenvalue weighted by Gasteiger charge is 2.42. The topological polar surface area (TPSA) is 68.2 Å². The molecule has 0 saturated carbocycles. The first kappa shape index (κ1) is 19.7. The van der Waals surface area contributed by atoms with Crippen molar-refractivity contribution >= 4 is 17.1 Å². The van der Waals surface area contributed by atoms with Crippen LogP contribution in [0.1, 0.15) is 11.1 Å². The van der Waals surface area contributed by atoms with E-state index in [0.29, 0.717) is 12.1 Å². The monoisotopic (exact) mass is 378 g/mol. The average Bonchev–Trinajstić information content (AvgIpc) is 2.59. The van der Waals surface area contributed by atoms with Crippen LogP contribution >= 0.6 is 0 Å². The van der Waals surface area contributed by atoms with Crippen LogP contribution in [0.15, 0.2) is 48.5 Å². The zero-order valence-corrected chi connectivity index (χ0v) is 17.2. The van der Waals surface area contributed by atoms with Crippen molar-refractivity contribution in [2.75, 3.05) is 14.2 Å². The van der Waals surface area contributed by atoms with Crippen LogP contribution in [0.4, 0.5) is 0 Å². The molecule has 2 N–H and O–H groups in total. The SMILES string of the molecule is CO[Si](C)(Cc1ccc(O)cc1)O[Si](C)(Cc1ccc(O)cc1)OC. The fourth-order valence-electron chi connectivity index (χ4n) is 2.73. The summed E-state index contributed by atoms with van der Waals surface area (Å²) in [6.45, 7) is 4.06. The quantitative estimate of drug-likeness (QED) is 0.689. The maximum Gasteiger partial charge on any atom is 0.330 e. The Morgan fingerprint density at radius 1 is 0.680 bits per heavy atom. The molecule has 0 aliphatic heterocycles. The molecule has 0 bridgehead atoms. The maximum absolute atomic E-state index is 9.44. The molecule has 0 fully saturated rings. The molecule has 5 nitrogen and oxygen atoms in total. The molecule has 0 heterocycles. The van der Waals surface area contributed by atoms with Gasteiger partial charge in [0.25, 0.3) is 0 Å². The summed E-state index contributed by atoms with van der Waals surface area (Å²) < 4.78 is 18.1. The first-order valence-electron chi connectivity index (χ1n) is 8.14. The van der Waals surface area contributed by atoms with E-state index in [1.165, 1.54) is 0 Å². The third-order valence-electron chi connectivity index (χ3n) is 4.22. The molecule has 25 heavy (non-hydrogen) atoms. The Hall–Kier alpha value is -1.65. The number of phenols is 2. The maximum atomic E-state index is 9.44. The molecular weight excluding hydrogens is 352 g/mol. The highest BCUT2D eigenvalue weighted by Crippen LogP contribution is 2.24. The van der Waals surface area contributed by atoms with Gasteiger partial charge in [0, 0.05) is 26.3 Å². The van der Waals surface area contributed by atoms with Crippen molar-refractivity contribution in [3.8, 4) is 11.5 Å². The van der Waals surface area contributed by atoms with E-state index in [1.807, 2.05) is 37.4 Å². The van der Waals surface area contributed by atoms with Crippen LogP contribution in [0.2, 0.25) is 13.1 Å². The minimum Gasteiger partial charge on any atom is -0.508 e. The Kier molecular flexibility index (Phi) is 6.42. The number of hydrogen-bond donors (Lipinski definition) is 2. The van der Waals surface area contributed by atoms with E-state index in [9.17, 15) is 10.2 Å². The van der Waals surface area contributed by atoms with Crippen molar-refractivity contribution in [2.24, 2.45) is 0 Å². The summed E-state index contributed by atoms with van der Waals surface area (Å²) in [6, 6.07) is 15.6. The molecule has 2 unspecified atom stereocenters. The molecule has 0 saturated heterocycles. The molecule has 136 valence electrons. The molecule has 2 rings (SSSR count). The van der Waals surface area contributed by atoms with Gasteiger partial charge in [0.15, 0.2) is 0 Å². The van der Waals surface area contributed by atoms with Gasteiger partial charge in [0.2, 0.25) is 0 Å². The largest absolute Gasteiger partial charge is 0.508 e. The smallest absolute Gasteiger partial charge is 0.330 e. The molecule has 0 aliphatic rings. The van der Waals surface area contributed by atoms with Gasteiger partial charge in [0.05, 0.1) is 0 Å². The zero-order valence-electron chi connectivity index (χ0n) is 15.2. The second-order valence-corrected chi connectivity index (χ2v) is 13.3. The van der Waals surface area contributed by atoms with Gasteiger partial charge >= 0.3 is 17.1 Å². The van der Waals surface area contributed by atoms with Crippen LogP contribution in [0.5, 0.6) is 11.5 Å². The highest BCUT2D eigenvalue weighted by molar-refractivity contribution is 6.79. The molecule has 2 aromatic rings. The predicted molar refractivity (Wildman–Crippen MR) is 102 cm³/mol. The van der Waals surface area contributed by atoms with E-state index >= 15 is 0 Å². The lowest BCUT2D eigenvalue weighted by atomic mass is 10.2. The Morgan fingerprint density at radius 2 is 1.00 bits per heavy atom. The van der Waals surface area contributed by atoms with Crippen molar-refractivity contribution in [2.45, 2.75) is 25.2 Å². The van der Waals surface area contributed by atoms with Gasteiger partial charge in [-0.25, -0.2) is 0 Å². The third-order valence-corrected chi connectivity index (χ3v) is 11.5. The number of hydrogen-bond acceptors (Lipinski definition) is 5. The van der Waals surface area contributed by atoms with E-state index < -0.39 is 17.1 Å². The van der Waals surface area contributed by atoms with Crippen molar-refractivity contribution in [1.82, 2.24) is 0 Å². The van der Waals surface area contributed by atoms with E-state index in [2.05, 4.69) is 0 Å². The zero-order chi connectivity index (χ0) is 18.5. The average molecular weight is 379 g/mol. The first-order valence-corrected chi connectivity index (χ1v) is 13.2. The Balaban J connectivity index is 2.14. The minimum absolute atomic E-state index is 0.244. The van der Waals surface area contributed by atoms with Crippen molar-refractivity contribution in [3.63, 3.8) is 0 Å². The molecule has 0 spiro atoms. The Bertz CT molecular complexity index is 617. The molecule has 2 atom stereocenters. The molecule has 0 aromatic heterocycles. The van der Waals surface area contributed by atoms with Gasteiger partial charge < -0.3 is 23.2 Å². The van der Waals surface area contributed by atoms with Crippen molar-refractivity contribution < 1.29 is 23.2 Å². The second kappa shape index (κ2) is 8.16. The van der Waals surface area contributed by atoms with Crippen LogP contribution in [-0.2, 0) is 25.1 Å². The van der Waals surface area contributed by atoms with Crippen LogP contribution in [-0.4, -0.2) is 41.6 Å². The molecule has 2 aromatic carbocycles. The normalized spacial score (nSPS) is 16.2. The third kappa shape index (κ3) is 5.69. The van der Waals surface area contributed by atoms with Gasteiger partial charge in [-0.15, -0.1) is 0 Å². The van der Waals surface area contributed by atoms with Gasteiger partial charge in [-0.3, -0.25) is 0 Å². The standard InChI is InChI=1S/C18H26O5Si2/c1-21-24(3,13-15-5-9-17(19)10-6-15)23-25(4,22-2)14-16-7-11-18(20)12-8-16/h5-12,19-20H,13-14H2,1-4H3. The summed E-state index contributed by atoms with van der Waals surface area (Å²) >= 11 is 0. The van der Waals surface area contributed by atoms with Gasteiger partial charge in [-0.2, -0.15) is 0 Å². The number of benzene rings is 2. The molecular formula is C18H26O5Si2. The highest BCUT2D eigenvalue weighted by atomic mass is 28.5. The van der Waals surface area contributed by atoms with Crippen molar-refractivity contribution in [3.05, 3.63) is 59.7 Å². The van der Waals surface area contributed by atoms with E-state index in [1.54, 1.807) is 38.5 Å². The minimum atomic E-state index is -2.50.